The molecular formula is C12H12N4S. The molecule has 2 heterocycles. The van der Waals surface area contributed by atoms with Gasteiger partial charge < -0.3 is 0 Å². The molecule has 2 aliphatic heterocycles. The monoisotopic (exact) mass is 244 g/mol. The molecule has 0 atom stereocenters. The lowest BCUT2D eigenvalue weighted by Crippen LogP contribution is -2.30. The summed E-state index contributed by atoms with van der Waals surface area (Å²) in [7, 11) is 0. The van der Waals surface area contributed by atoms with Crippen LogP contribution in [0.2, 0.25) is 0 Å². The lowest BCUT2D eigenvalue weighted by atomic mass is 10.1. The van der Waals surface area contributed by atoms with Gasteiger partial charge in [-0.3, -0.25) is 4.99 Å². The van der Waals surface area contributed by atoms with Crippen LogP contribution in [0.4, 0.5) is 0 Å². The Hall–Kier alpha value is -1.62. The summed E-state index contributed by atoms with van der Waals surface area (Å²) in [5.41, 5.74) is 3.37. The van der Waals surface area contributed by atoms with E-state index in [1.54, 1.807) is 0 Å². The number of nitrogens with zero attached hydrogens (tertiary/aromatic N) is 4. The van der Waals surface area contributed by atoms with Gasteiger partial charge in [-0.1, -0.05) is 29.8 Å². The zero-order valence-electron chi connectivity index (χ0n) is 9.71. The first-order valence-corrected chi connectivity index (χ1v) is 6.22. The molecule has 0 radical (unpaired) electrons. The molecule has 3 rings (SSSR count). The minimum Gasteiger partial charge on any atom is -0.253 e. The zero-order valence-corrected chi connectivity index (χ0v) is 10.5. The Bertz CT molecular complexity index is 542. The van der Waals surface area contributed by atoms with Crippen molar-refractivity contribution < 1.29 is 0 Å². The summed E-state index contributed by atoms with van der Waals surface area (Å²) in [6.07, 6.45) is 0. The number of aliphatic imine (C=N–C) groups is 1. The smallest absolute Gasteiger partial charge is 0.209 e. The van der Waals surface area contributed by atoms with E-state index in [-0.39, 0.29) is 0 Å². The summed E-state index contributed by atoms with van der Waals surface area (Å²) < 4.78 is 4.24. The molecule has 0 saturated heterocycles. The summed E-state index contributed by atoms with van der Waals surface area (Å²) in [6.45, 7) is 4.65. The second-order valence-electron chi connectivity index (χ2n) is 4.05. The first kappa shape index (κ1) is 10.5. The van der Waals surface area contributed by atoms with Crippen LogP contribution in [0, 0.1) is 6.92 Å². The molecule has 0 aromatic heterocycles. The van der Waals surface area contributed by atoms with Crippen LogP contribution in [-0.4, -0.2) is 28.3 Å². The van der Waals surface area contributed by atoms with Crippen molar-refractivity contribution in [3.8, 4) is 0 Å². The Morgan fingerprint density at radius 3 is 2.71 bits per heavy atom. The van der Waals surface area contributed by atoms with Crippen molar-refractivity contribution >= 4 is 28.7 Å². The molecule has 0 fully saturated rings. The molecule has 0 unspecified atom stereocenters. The van der Waals surface area contributed by atoms with Crippen molar-refractivity contribution in [2.75, 3.05) is 6.54 Å². The number of aryl methyl sites for hydroxylation is 1. The molecular weight excluding hydrogens is 232 g/mol. The lowest BCUT2D eigenvalue weighted by molar-refractivity contribution is 0.661. The van der Waals surface area contributed by atoms with Gasteiger partial charge in [0.25, 0.3) is 0 Å². The van der Waals surface area contributed by atoms with Gasteiger partial charge >= 0.3 is 0 Å². The van der Waals surface area contributed by atoms with Gasteiger partial charge in [-0.2, -0.15) is 14.5 Å². The van der Waals surface area contributed by atoms with Crippen LogP contribution >= 0.6 is 11.9 Å². The number of benzene rings is 1. The Morgan fingerprint density at radius 1 is 1.18 bits per heavy atom. The van der Waals surface area contributed by atoms with E-state index in [9.17, 15) is 0 Å². The van der Waals surface area contributed by atoms with E-state index in [2.05, 4.69) is 45.7 Å². The Balaban J connectivity index is 1.93. The summed E-state index contributed by atoms with van der Waals surface area (Å²) >= 11 is 1.39. The molecule has 4 nitrogen and oxygen atoms in total. The molecule has 0 aliphatic carbocycles. The average Bonchev–Trinajstić information content (AvgIpc) is 2.72. The molecule has 0 N–H and O–H groups in total. The third-order valence-electron chi connectivity index (χ3n) is 2.72. The molecule has 86 valence electrons. The van der Waals surface area contributed by atoms with Crippen molar-refractivity contribution in [2.24, 2.45) is 14.5 Å². The number of hydrazone groups is 1. The maximum absolute atomic E-state index is 4.59. The summed E-state index contributed by atoms with van der Waals surface area (Å²) in [5.74, 6) is 0.887. The van der Waals surface area contributed by atoms with E-state index in [0.29, 0.717) is 6.54 Å². The van der Waals surface area contributed by atoms with E-state index >= 15 is 0 Å². The predicted molar refractivity (Wildman–Crippen MR) is 72.6 cm³/mol. The number of rotatable bonds is 1. The van der Waals surface area contributed by atoms with E-state index in [1.807, 2.05) is 11.9 Å². The van der Waals surface area contributed by atoms with Crippen LogP contribution < -0.4 is 0 Å². The quantitative estimate of drug-likeness (QED) is 0.712. The van der Waals surface area contributed by atoms with Crippen molar-refractivity contribution in [1.82, 2.24) is 5.01 Å². The van der Waals surface area contributed by atoms with Crippen molar-refractivity contribution in [3.63, 3.8) is 0 Å². The van der Waals surface area contributed by atoms with Gasteiger partial charge in [-0.15, -0.1) is 0 Å². The van der Waals surface area contributed by atoms with E-state index in [1.165, 1.54) is 17.5 Å². The number of fused-ring (bicyclic) bond motifs is 1. The van der Waals surface area contributed by atoms with Gasteiger partial charge in [0.05, 0.1) is 24.2 Å². The van der Waals surface area contributed by atoms with E-state index < -0.39 is 0 Å². The minimum absolute atomic E-state index is 0.630. The average molecular weight is 244 g/mol. The highest BCUT2D eigenvalue weighted by Crippen LogP contribution is 2.24. The second kappa shape index (κ2) is 4.00. The topological polar surface area (TPSA) is 40.3 Å². The van der Waals surface area contributed by atoms with Crippen molar-refractivity contribution in [2.45, 2.75) is 13.8 Å². The highest BCUT2D eigenvalue weighted by atomic mass is 32.2. The Labute approximate surface area is 104 Å². The molecule has 1 aromatic carbocycles. The molecule has 0 bridgehead atoms. The molecule has 0 spiro atoms. The highest BCUT2D eigenvalue weighted by molar-refractivity contribution is 8.13. The third kappa shape index (κ3) is 1.86. The summed E-state index contributed by atoms with van der Waals surface area (Å²) in [5, 5.41) is 7.27. The first-order chi connectivity index (χ1) is 8.24. The minimum atomic E-state index is 0.630. The molecule has 17 heavy (non-hydrogen) atoms. The maximum Gasteiger partial charge on any atom is 0.209 e. The SMILES string of the molecule is CC1=NSC2=NCC(c3ccc(C)cc3)=NN12. The fourth-order valence-electron chi connectivity index (χ4n) is 1.72. The zero-order chi connectivity index (χ0) is 11.8. The van der Waals surface area contributed by atoms with Crippen LogP contribution in [0.1, 0.15) is 18.1 Å². The standard InChI is InChI=1S/C12H12N4S/c1-8-3-5-10(6-4-8)11-7-13-12-16(14-11)9(2)15-17-12/h3-6H,7H2,1-2H3. The normalized spacial score (nSPS) is 18.5. The van der Waals surface area contributed by atoms with Crippen molar-refractivity contribution in [1.29, 1.82) is 0 Å². The fourth-order valence-corrected chi connectivity index (χ4v) is 2.39. The van der Waals surface area contributed by atoms with Crippen LogP contribution in [-0.2, 0) is 0 Å². The lowest BCUT2D eigenvalue weighted by Gasteiger charge is -2.18. The van der Waals surface area contributed by atoms with Gasteiger partial charge in [-0.05, 0) is 19.4 Å². The highest BCUT2D eigenvalue weighted by Gasteiger charge is 2.25. The van der Waals surface area contributed by atoms with Gasteiger partial charge in [0.1, 0.15) is 5.84 Å². The molecule has 0 amide bonds. The number of hydrogen-bond acceptors (Lipinski definition) is 5. The van der Waals surface area contributed by atoms with E-state index in [4.69, 9.17) is 0 Å². The van der Waals surface area contributed by atoms with Crippen LogP contribution in [0.5, 0.6) is 0 Å². The van der Waals surface area contributed by atoms with E-state index in [0.717, 1.165) is 22.3 Å². The summed E-state index contributed by atoms with van der Waals surface area (Å²) in [6, 6.07) is 8.36. The Kier molecular flexibility index (Phi) is 2.48. The predicted octanol–water partition coefficient (Wildman–Crippen LogP) is 2.45. The Morgan fingerprint density at radius 2 is 1.94 bits per heavy atom. The van der Waals surface area contributed by atoms with Gasteiger partial charge in [0, 0.05) is 0 Å². The fraction of sp³-hybridized carbons (Fsp3) is 0.250. The third-order valence-corrected chi connectivity index (χ3v) is 3.54. The van der Waals surface area contributed by atoms with Gasteiger partial charge in [-0.25, -0.2) is 0 Å². The molecule has 5 heteroatoms. The van der Waals surface area contributed by atoms with Crippen LogP contribution in [0.15, 0.2) is 38.8 Å². The maximum atomic E-state index is 4.59. The van der Waals surface area contributed by atoms with Gasteiger partial charge in [0.2, 0.25) is 5.17 Å². The molecule has 0 saturated carbocycles. The summed E-state index contributed by atoms with van der Waals surface area (Å²) in [4.78, 5) is 4.48. The van der Waals surface area contributed by atoms with Crippen LogP contribution in [0.3, 0.4) is 0 Å². The molecule has 1 aromatic rings. The number of hydrogen-bond donors (Lipinski definition) is 0. The van der Waals surface area contributed by atoms with Gasteiger partial charge in [0.15, 0.2) is 0 Å². The van der Waals surface area contributed by atoms with Crippen LogP contribution in [0.25, 0.3) is 0 Å². The number of amidine groups is 2. The molecule has 2 aliphatic rings. The largest absolute Gasteiger partial charge is 0.253 e. The second-order valence-corrected chi connectivity index (χ2v) is 4.78. The first-order valence-electron chi connectivity index (χ1n) is 5.45. The van der Waals surface area contributed by atoms with Crippen molar-refractivity contribution in [3.05, 3.63) is 35.4 Å².